The van der Waals surface area contributed by atoms with Crippen molar-refractivity contribution in [2.24, 2.45) is 0 Å². The summed E-state index contributed by atoms with van der Waals surface area (Å²) in [5.74, 6) is 0.877. The molecule has 0 saturated carbocycles. The molecule has 5 nitrogen and oxygen atoms in total. The first kappa shape index (κ1) is 18.3. The molecule has 1 aromatic carbocycles. The van der Waals surface area contributed by atoms with E-state index < -0.39 is 0 Å². The maximum Gasteiger partial charge on any atom is 0.244 e. The fraction of sp³-hybridized carbons (Fsp3) is 0.438. The van der Waals surface area contributed by atoms with Gasteiger partial charge in [0.15, 0.2) is 11.5 Å². The van der Waals surface area contributed by atoms with Gasteiger partial charge in [-0.1, -0.05) is 11.6 Å². The molecule has 0 fully saturated rings. The van der Waals surface area contributed by atoms with Crippen molar-refractivity contribution in [3.63, 3.8) is 0 Å². The molecule has 0 aliphatic heterocycles. The maximum atomic E-state index is 11.7. The third-order valence-corrected chi connectivity index (χ3v) is 3.07. The van der Waals surface area contributed by atoms with Crippen molar-refractivity contribution < 1.29 is 19.0 Å². The number of amides is 1. The van der Waals surface area contributed by atoms with Gasteiger partial charge < -0.3 is 19.5 Å². The minimum absolute atomic E-state index is 0.167. The SMILES string of the molecule is CCOc1c(Cl)cc(/C=C/C(=O)NCCCOC)cc1OC. The number of rotatable bonds is 9. The van der Waals surface area contributed by atoms with E-state index in [1.165, 1.54) is 6.08 Å². The van der Waals surface area contributed by atoms with Gasteiger partial charge in [-0.05, 0) is 37.1 Å². The quantitative estimate of drug-likeness (QED) is 0.559. The standard InChI is InChI=1S/C16H22ClNO4/c1-4-22-16-13(17)10-12(11-14(16)21-3)6-7-15(19)18-8-5-9-20-2/h6-7,10-11H,4-5,8-9H2,1-3H3,(H,18,19)/b7-6+. The highest BCUT2D eigenvalue weighted by molar-refractivity contribution is 6.32. The van der Waals surface area contributed by atoms with Gasteiger partial charge in [-0.25, -0.2) is 0 Å². The van der Waals surface area contributed by atoms with E-state index in [4.69, 9.17) is 25.8 Å². The Kier molecular flexibility index (Phi) is 8.40. The Morgan fingerprint density at radius 1 is 1.36 bits per heavy atom. The van der Waals surface area contributed by atoms with Crippen LogP contribution in [0.1, 0.15) is 18.9 Å². The number of hydrogen-bond donors (Lipinski definition) is 1. The van der Waals surface area contributed by atoms with Gasteiger partial charge in [0.2, 0.25) is 5.91 Å². The van der Waals surface area contributed by atoms with Crippen LogP contribution >= 0.6 is 11.6 Å². The van der Waals surface area contributed by atoms with Gasteiger partial charge in [-0.2, -0.15) is 0 Å². The molecule has 1 amide bonds. The van der Waals surface area contributed by atoms with Crippen molar-refractivity contribution in [3.8, 4) is 11.5 Å². The van der Waals surface area contributed by atoms with Crippen LogP contribution in [0.25, 0.3) is 6.08 Å². The fourth-order valence-electron chi connectivity index (χ4n) is 1.78. The molecule has 1 aromatic rings. The van der Waals surface area contributed by atoms with Gasteiger partial charge in [0.25, 0.3) is 0 Å². The summed E-state index contributed by atoms with van der Waals surface area (Å²) in [6.45, 7) is 3.56. The van der Waals surface area contributed by atoms with E-state index in [2.05, 4.69) is 5.32 Å². The average molecular weight is 328 g/mol. The second-order valence-corrected chi connectivity index (χ2v) is 4.85. The second kappa shape index (κ2) is 10.1. The fourth-order valence-corrected chi connectivity index (χ4v) is 2.05. The van der Waals surface area contributed by atoms with E-state index in [-0.39, 0.29) is 5.91 Å². The Morgan fingerprint density at radius 2 is 2.14 bits per heavy atom. The van der Waals surface area contributed by atoms with E-state index in [1.54, 1.807) is 32.4 Å². The monoisotopic (exact) mass is 327 g/mol. The lowest BCUT2D eigenvalue weighted by Crippen LogP contribution is -2.22. The number of hydrogen-bond acceptors (Lipinski definition) is 4. The summed E-state index contributed by atoms with van der Waals surface area (Å²) >= 11 is 6.17. The highest BCUT2D eigenvalue weighted by atomic mass is 35.5. The molecule has 0 radical (unpaired) electrons. The Balaban J connectivity index is 2.70. The third kappa shape index (κ3) is 5.95. The largest absolute Gasteiger partial charge is 0.493 e. The van der Waals surface area contributed by atoms with Crippen molar-refractivity contribution in [2.75, 3.05) is 34.0 Å². The molecule has 0 aromatic heterocycles. The maximum absolute atomic E-state index is 11.7. The predicted molar refractivity (Wildman–Crippen MR) is 87.7 cm³/mol. The van der Waals surface area contributed by atoms with Gasteiger partial charge in [0.1, 0.15) is 0 Å². The molecular formula is C16H22ClNO4. The first-order valence-electron chi connectivity index (χ1n) is 7.07. The molecule has 22 heavy (non-hydrogen) atoms. The molecule has 1 rings (SSSR count). The lowest BCUT2D eigenvalue weighted by molar-refractivity contribution is -0.116. The van der Waals surface area contributed by atoms with Gasteiger partial charge in [0.05, 0.1) is 18.7 Å². The molecule has 0 unspecified atom stereocenters. The number of ether oxygens (including phenoxy) is 3. The zero-order chi connectivity index (χ0) is 16.4. The summed E-state index contributed by atoms with van der Waals surface area (Å²) in [5.41, 5.74) is 0.761. The Labute approximate surface area is 136 Å². The highest BCUT2D eigenvalue weighted by Gasteiger charge is 2.10. The van der Waals surface area contributed by atoms with E-state index >= 15 is 0 Å². The zero-order valence-corrected chi connectivity index (χ0v) is 13.9. The van der Waals surface area contributed by atoms with Gasteiger partial charge >= 0.3 is 0 Å². The van der Waals surface area contributed by atoms with Crippen molar-refractivity contribution in [1.82, 2.24) is 5.32 Å². The topological polar surface area (TPSA) is 56.8 Å². The molecule has 0 heterocycles. The van der Waals surface area contributed by atoms with E-state index in [0.29, 0.717) is 36.3 Å². The number of carbonyl (C=O) groups excluding carboxylic acids is 1. The van der Waals surface area contributed by atoms with Crippen molar-refractivity contribution in [1.29, 1.82) is 0 Å². The van der Waals surface area contributed by atoms with E-state index in [9.17, 15) is 4.79 Å². The normalized spacial score (nSPS) is 10.7. The summed E-state index contributed by atoms with van der Waals surface area (Å²) in [6.07, 6.45) is 3.91. The number of halogens is 1. The molecule has 1 N–H and O–H groups in total. The zero-order valence-electron chi connectivity index (χ0n) is 13.1. The number of methoxy groups -OCH3 is 2. The van der Waals surface area contributed by atoms with Crippen LogP contribution in [-0.4, -0.2) is 39.9 Å². The van der Waals surface area contributed by atoms with Crippen LogP contribution in [0.3, 0.4) is 0 Å². The predicted octanol–water partition coefficient (Wildman–Crippen LogP) is 2.91. The van der Waals surface area contributed by atoms with Gasteiger partial charge in [-0.15, -0.1) is 0 Å². The van der Waals surface area contributed by atoms with Crippen LogP contribution in [0.2, 0.25) is 5.02 Å². The van der Waals surface area contributed by atoms with Crippen LogP contribution in [0.5, 0.6) is 11.5 Å². The van der Waals surface area contributed by atoms with Crippen LogP contribution in [0.15, 0.2) is 18.2 Å². The van der Waals surface area contributed by atoms with Gasteiger partial charge in [-0.3, -0.25) is 4.79 Å². The summed E-state index contributed by atoms with van der Waals surface area (Å²) in [5, 5.41) is 3.21. The first-order chi connectivity index (χ1) is 10.6. The first-order valence-corrected chi connectivity index (χ1v) is 7.45. The van der Waals surface area contributed by atoms with Gasteiger partial charge in [0, 0.05) is 26.3 Å². The summed E-state index contributed by atoms with van der Waals surface area (Å²) in [7, 11) is 3.18. The average Bonchev–Trinajstić information content (AvgIpc) is 2.51. The minimum atomic E-state index is -0.167. The third-order valence-electron chi connectivity index (χ3n) is 2.79. The molecule has 122 valence electrons. The van der Waals surface area contributed by atoms with Crippen LogP contribution in [0, 0.1) is 0 Å². The van der Waals surface area contributed by atoms with Crippen molar-refractivity contribution in [3.05, 3.63) is 28.8 Å². The van der Waals surface area contributed by atoms with Crippen LogP contribution in [-0.2, 0) is 9.53 Å². The smallest absolute Gasteiger partial charge is 0.244 e. The van der Waals surface area contributed by atoms with Crippen LogP contribution in [0.4, 0.5) is 0 Å². The molecule has 0 saturated heterocycles. The molecule has 0 spiro atoms. The molecule has 0 bridgehead atoms. The lowest BCUT2D eigenvalue weighted by atomic mass is 10.2. The molecular weight excluding hydrogens is 306 g/mol. The molecule has 0 aliphatic carbocycles. The minimum Gasteiger partial charge on any atom is -0.493 e. The lowest BCUT2D eigenvalue weighted by Gasteiger charge is -2.11. The summed E-state index contributed by atoms with van der Waals surface area (Å²) in [6, 6.07) is 3.50. The number of benzene rings is 1. The number of carbonyl (C=O) groups is 1. The summed E-state index contributed by atoms with van der Waals surface area (Å²) in [4.78, 5) is 11.7. The number of nitrogens with one attached hydrogen (secondary N) is 1. The van der Waals surface area contributed by atoms with E-state index in [0.717, 1.165) is 12.0 Å². The Hall–Kier alpha value is -1.72. The highest BCUT2D eigenvalue weighted by Crippen LogP contribution is 2.36. The molecule has 0 atom stereocenters. The molecule has 6 heteroatoms. The van der Waals surface area contributed by atoms with Crippen molar-refractivity contribution in [2.45, 2.75) is 13.3 Å². The molecule has 0 aliphatic rings. The van der Waals surface area contributed by atoms with Crippen molar-refractivity contribution >= 4 is 23.6 Å². The van der Waals surface area contributed by atoms with E-state index in [1.807, 2.05) is 6.92 Å². The Morgan fingerprint density at radius 3 is 2.77 bits per heavy atom. The van der Waals surface area contributed by atoms with Crippen LogP contribution < -0.4 is 14.8 Å². The second-order valence-electron chi connectivity index (χ2n) is 4.44. The Bertz CT molecular complexity index is 517. The summed E-state index contributed by atoms with van der Waals surface area (Å²) < 4.78 is 15.6.